The number of nitrogens with two attached hydrogens (primary N) is 1. The molecule has 0 aromatic rings. The average molecular weight is 293 g/mol. The van der Waals surface area contributed by atoms with Gasteiger partial charge in [0, 0.05) is 0 Å². The third kappa shape index (κ3) is 3.47. The van der Waals surface area contributed by atoms with Gasteiger partial charge in [0.25, 0.3) is 0 Å². The molecule has 1 atom stereocenters. The standard InChI is InChI=1S/C19H35NO/c1-2-16-6-11-18(15-20,12-7-16)14-17-8-13-19(21-17)9-4-3-5-10-19/h16-17H,2-15,20H2,1H3. The maximum absolute atomic E-state index is 6.62. The molecule has 2 N–H and O–H groups in total. The molecule has 3 rings (SSSR count). The Morgan fingerprint density at radius 1 is 0.952 bits per heavy atom. The van der Waals surface area contributed by atoms with E-state index in [0.717, 1.165) is 12.5 Å². The van der Waals surface area contributed by atoms with Crippen LogP contribution in [0.4, 0.5) is 0 Å². The van der Waals surface area contributed by atoms with Crippen LogP contribution in [0.15, 0.2) is 0 Å². The summed E-state index contributed by atoms with van der Waals surface area (Å²) < 4.78 is 6.62. The van der Waals surface area contributed by atoms with Crippen molar-refractivity contribution in [1.82, 2.24) is 0 Å². The van der Waals surface area contributed by atoms with Crippen molar-refractivity contribution in [2.45, 2.75) is 102 Å². The second-order valence-electron chi connectivity index (χ2n) is 8.28. The van der Waals surface area contributed by atoms with Gasteiger partial charge < -0.3 is 10.5 Å². The molecule has 1 heterocycles. The van der Waals surface area contributed by atoms with Crippen molar-refractivity contribution in [1.29, 1.82) is 0 Å². The molecular formula is C19H35NO. The van der Waals surface area contributed by atoms with Gasteiger partial charge in [0.15, 0.2) is 0 Å². The van der Waals surface area contributed by atoms with E-state index in [0.29, 0.717) is 11.5 Å². The summed E-state index contributed by atoms with van der Waals surface area (Å²) in [5, 5.41) is 0. The molecule has 0 amide bonds. The maximum atomic E-state index is 6.62. The van der Waals surface area contributed by atoms with Crippen molar-refractivity contribution in [3.8, 4) is 0 Å². The van der Waals surface area contributed by atoms with E-state index in [1.54, 1.807) is 0 Å². The minimum Gasteiger partial charge on any atom is -0.372 e. The van der Waals surface area contributed by atoms with E-state index in [4.69, 9.17) is 10.5 Å². The Labute approximate surface area is 131 Å². The average Bonchev–Trinajstić information content (AvgIpc) is 2.90. The quantitative estimate of drug-likeness (QED) is 0.807. The molecule has 0 bridgehead atoms. The van der Waals surface area contributed by atoms with Gasteiger partial charge in [-0.15, -0.1) is 0 Å². The van der Waals surface area contributed by atoms with Gasteiger partial charge in [0.2, 0.25) is 0 Å². The van der Waals surface area contributed by atoms with Gasteiger partial charge in [0.1, 0.15) is 0 Å². The molecule has 0 radical (unpaired) electrons. The van der Waals surface area contributed by atoms with E-state index in [1.165, 1.54) is 83.5 Å². The van der Waals surface area contributed by atoms with Gasteiger partial charge in [-0.05, 0) is 75.7 Å². The monoisotopic (exact) mass is 293 g/mol. The van der Waals surface area contributed by atoms with Crippen LogP contribution in [-0.2, 0) is 4.74 Å². The highest BCUT2D eigenvalue weighted by molar-refractivity contribution is 4.95. The normalized spacial score (nSPS) is 39.7. The van der Waals surface area contributed by atoms with E-state index in [1.807, 2.05) is 0 Å². The zero-order chi connectivity index (χ0) is 14.8. The fraction of sp³-hybridized carbons (Fsp3) is 1.00. The van der Waals surface area contributed by atoms with E-state index in [-0.39, 0.29) is 5.60 Å². The lowest BCUT2D eigenvalue weighted by Gasteiger charge is -2.41. The zero-order valence-electron chi connectivity index (χ0n) is 14.0. The lowest BCUT2D eigenvalue weighted by atomic mass is 9.67. The molecule has 2 heteroatoms. The van der Waals surface area contributed by atoms with Gasteiger partial charge >= 0.3 is 0 Å². The molecule has 2 nitrogen and oxygen atoms in total. The molecule has 2 saturated carbocycles. The van der Waals surface area contributed by atoms with E-state index in [2.05, 4.69) is 6.92 Å². The summed E-state index contributed by atoms with van der Waals surface area (Å²) in [7, 11) is 0. The first-order valence-corrected chi connectivity index (χ1v) is 9.57. The van der Waals surface area contributed by atoms with E-state index in [9.17, 15) is 0 Å². The van der Waals surface area contributed by atoms with Crippen LogP contribution >= 0.6 is 0 Å². The highest BCUT2D eigenvalue weighted by Gasteiger charge is 2.44. The molecule has 1 aliphatic heterocycles. The van der Waals surface area contributed by atoms with Gasteiger partial charge in [-0.2, -0.15) is 0 Å². The minimum absolute atomic E-state index is 0.277. The van der Waals surface area contributed by atoms with Crippen LogP contribution in [0.2, 0.25) is 0 Å². The summed E-state index contributed by atoms with van der Waals surface area (Å²) in [6, 6.07) is 0. The molecule has 21 heavy (non-hydrogen) atoms. The molecule has 0 aromatic heterocycles. The molecule has 0 aromatic carbocycles. The maximum Gasteiger partial charge on any atom is 0.0687 e. The van der Waals surface area contributed by atoms with Crippen LogP contribution < -0.4 is 5.73 Å². The van der Waals surface area contributed by atoms with Gasteiger partial charge in [-0.1, -0.05) is 32.6 Å². The molecule has 1 spiro atoms. The second kappa shape index (κ2) is 6.58. The largest absolute Gasteiger partial charge is 0.372 e. The molecule has 2 aliphatic carbocycles. The first kappa shape index (κ1) is 15.8. The van der Waals surface area contributed by atoms with Crippen LogP contribution in [0.25, 0.3) is 0 Å². The zero-order valence-corrected chi connectivity index (χ0v) is 14.0. The molecule has 3 aliphatic rings. The number of ether oxygens (including phenoxy) is 1. The molecule has 1 saturated heterocycles. The Kier molecular flexibility index (Phi) is 4.95. The highest BCUT2D eigenvalue weighted by atomic mass is 16.5. The van der Waals surface area contributed by atoms with Crippen LogP contribution in [-0.4, -0.2) is 18.2 Å². The van der Waals surface area contributed by atoms with E-state index < -0.39 is 0 Å². The van der Waals surface area contributed by atoms with Crippen LogP contribution in [0.5, 0.6) is 0 Å². The van der Waals surface area contributed by atoms with Crippen LogP contribution in [0.1, 0.15) is 90.4 Å². The Bertz CT molecular complexity index is 326. The smallest absolute Gasteiger partial charge is 0.0687 e. The Morgan fingerprint density at radius 3 is 2.29 bits per heavy atom. The number of hydrogen-bond acceptors (Lipinski definition) is 2. The fourth-order valence-electron chi connectivity index (χ4n) is 5.28. The summed E-state index contributed by atoms with van der Waals surface area (Å²) in [6.45, 7) is 3.21. The van der Waals surface area contributed by atoms with Gasteiger partial charge in [-0.3, -0.25) is 0 Å². The van der Waals surface area contributed by atoms with Crippen LogP contribution in [0, 0.1) is 11.3 Å². The predicted molar refractivity (Wildman–Crippen MR) is 88.3 cm³/mol. The summed E-state index contributed by atoms with van der Waals surface area (Å²) in [5.41, 5.74) is 6.89. The Morgan fingerprint density at radius 2 is 1.67 bits per heavy atom. The van der Waals surface area contributed by atoms with Crippen molar-refractivity contribution in [3.63, 3.8) is 0 Å². The predicted octanol–water partition coefficient (Wildman–Crippen LogP) is 4.80. The Balaban J connectivity index is 1.55. The molecule has 1 unspecified atom stereocenters. The van der Waals surface area contributed by atoms with Crippen molar-refractivity contribution in [3.05, 3.63) is 0 Å². The van der Waals surface area contributed by atoms with Crippen molar-refractivity contribution in [2.75, 3.05) is 6.54 Å². The number of rotatable bonds is 4. The Hall–Kier alpha value is -0.0800. The summed E-state index contributed by atoms with van der Waals surface area (Å²) in [5.74, 6) is 0.957. The summed E-state index contributed by atoms with van der Waals surface area (Å²) in [4.78, 5) is 0. The second-order valence-corrected chi connectivity index (χ2v) is 8.28. The van der Waals surface area contributed by atoms with Crippen molar-refractivity contribution in [2.24, 2.45) is 17.1 Å². The van der Waals surface area contributed by atoms with Crippen LogP contribution in [0.3, 0.4) is 0 Å². The first-order valence-electron chi connectivity index (χ1n) is 9.57. The lowest BCUT2D eigenvalue weighted by molar-refractivity contribution is -0.0803. The molecular weight excluding hydrogens is 258 g/mol. The van der Waals surface area contributed by atoms with Crippen molar-refractivity contribution >= 4 is 0 Å². The highest BCUT2D eigenvalue weighted by Crippen LogP contribution is 2.48. The molecule has 3 fully saturated rings. The first-order chi connectivity index (χ1) is 10.2. The summed E-state index contributed by atoms with van der Waals surface area (Å²) in [6.07, 6.45) is 18.0. The lowest BCUT2D eigenvalue weighted by Crippen LogP contribution is -2.39. The third-order valence-electron chi connectivity index (χ3n) is 6.94. The third-order valence-corrected chi connectivity index (χ3v) is 6.94. The SMILES string of the molecule is CCC1CCC(CN)(CC2CCC3(CCCCC3)O2)CC1. The number of hydrogen-bond donors (Lipinski definition) is 1. The van der Waals surface area contributed by atoms with Crippen molar-refractivity contribution < 1.29 is 4.74 Å². The van der Waals surface area contributed by atoms with E-state index >= 15 is 0 Å². The molecule has 122 valence electrons. The summed E-state index contributed by atoms with van der Waals surface area (Å²) >= 11 is 0. The minimum atomic E-state index is 0.277. The van der Waals surface area contributed by atoms with Gasteiger partial charge in [0.05, 0.1) is 11.7 Å². The topological polar surface area (TPSA) is 35.2 Å². The van der Waals surface area contributed by atoms with Gasteiger partial charge in [-0.25, -0.2) is 0 Å². The fourth-order valence-corrected chi connectivity index (χ4v) is 5.28.